The molecule has 0 saturated carbocycles. The Bertz CT molecular complexity index is 471. The molecule has 0 spiro atoms. The minimum atomic E-state index is -4.57. The van der Waals surface area contributed by atoms with E-state index in [4.69, 9.17) is 0 Å². The number of nitrogens with one attached hydrogen (secondary N) is 2. The summed E-state index contributed by atoms with van der Waals surface area (Å²) in [6.07, 6.45) is -4.57. The molecule has 9 heteroatoms. The van der Waals surface area contributed by atoms with E-state index in [0.717, 1.165) is 26.2 Å². The van der Waals surface area contributed by atoms with Gasteiger partial charge in [-0.3, -0.25) is 0 Å². The zero-order valence-corrected chi connectivity index (χ0v) is 12.0. The second kappa shape index (κ2) is 6.44. The van der Waals surface area contributed by atoms with Gasteiger partial charge in [-0.2, -0.15) is 13.2 Å². The highest BCUT2D eigenvalue weighted by Gasteiger charge is 2.35. The molecule has 2 heterocycles. The third-order valence-corrected chi connectivity index (χ3v) is 3.11. The fourth-order valence-corrected chi connectivity index (χ4v) is 1.98. The van der Waals surface area contributed by atoms with Gasteiger partial charge in [-0.05, 0) is 14.0 Å². The maximum Gasteiger partial charge on any atom is 0.451 e. The van der Waals surface area contributed by atoms with E-state index in [1.165, 1.54) is 6.07 Å². The van der Waals surface area contributed by atoms with E-state index in [1.807, 2.05) is 12.1 Å². The molecule has 0 unspecified atom stereocenters. The van der Waals surface area contributed by atoms with Crippen molar-refractivity contribution >= 4 is 11.6 Å². The molecular weight excluding hydrogens is 285 g/mol. The Morgan fingerprint density at radius 1 is 1.14 bits per heavy atom. The Morgan fingerprint density at radius 3 is 2.33 bits per heavy atom. The molecule has 1 aromatic rings. The zero-order chi connectivity index (χ0) is 15.5. The molecule has 0 amide bonds. The van der Waals surface area contributed by atoms with Crippen LogP contribution < -0.4 is 10.7 Å². The average Bonchev–Trinajstić information content (AvgIpc) is 2.41. The molecule has 1 aliphatic heterocycles. The summed E-state index contributed by atoms with van der Waals surface area (Å²) >= 11 is 0. The molecule has 21 heavy (non-hydrogen) atoms. The summed E-state index contributed by atoms with van der Waals surface area (Å²) in [4.78, 5) is 9.20. The number of halogens is 3. The van der Waals surface area contributed by atoms with Gasteiger partial charge in [0.25, 0.3) is 0 Å². The Hall–Kier alpha value is -1.61. The van der Waals surface area contributed by atoms with Crippen LogP contribution in [0.1, 0.15) is 12.7 Å². The molecule has 0 radical (unpaired) electrons. The number of hydrogen-bond donors (Lipinski definition) is 2. The number of hydrogen-bond acceptors (Lipinski definition) is 6. The zero-order valence-electron chi connectivity index (χ0n) is 12.0. The third kappa shape index (κ3) is 4.43. The number of likely N-dealkylation sites (N-methyl/N-ethyl adjacent to an activating group) is 1. The van der Waals surface area contributed by atoms with Gasteiger partial charge in [0, 0.05) is 38.8 Å². The highest BCUT2D eigenvalue weighted by molar-refractivity contribution is 5.47. The van der Waals surface area contributed by atoms with Crippen molar-refractivity contribution in [1.29, 1.82) is 0 Å². The van der Waals surface area contributed by atoms with E-state index in [-0.39, 0.29) is 11.6 Å². The van der Waals surface area contributed by atoms with Crippen LogP contribution in [0.15, 0.2) is 6.07 Å². The topological polar surface area (TPSA) is 56.3 Å². The monoisotopic (exact) mass is 304 g/mol. The van der Waals surface area contributed by atoms with Gasteiger partial charge in [0.05, 0.1) is 0 Å². The van der Waals surface area contributed by atoms with Crippen molar-refractivity contribution in [2.24, 2.45) is 0 Å². The highest BCUT2D eigenvalue weighted by Crippen LogP contribution is 2.28. The van der Waals surface area contributed by atoms with Gasteiger partial charge in [0.15, 0.2) is 0 Å². The van der Waals surface area contributed by atoms with Crippen LogP contribution in [-0.2, 0) is 6.18 Å². The van der Waals surface area contributed by atoms with Gasteiger partial charge < -0.3 is 15.6 Å². The van der Waals surface area contributed by atoms with E-state index >= 15 is 0 Å². The van der Waals surface area contributed by atoms with Crippen LogP contribution in [-0.4, -0.2) is 59.6 Å². The normalized spacial score (nSPS) is 17.8. The fourth-order valence-electron chi connectivity index (χ4n) is 1.98. The van der Waals surface area contributed by atoms with Crippen molar-refractivity contribution in [2.45, 2.75) is 13.1 Å². The van der Waals surface area contributed by atoms with Gasteiger partial charge in [-0.25, -0.2) is 15.0 Å². The van der Waals surface area contributed by atoms with Gasteiger partial charge in [0.2, 0.25) is 5.82 Å². The van der Waals surface area contributed by atoms with Crippen LogP contribution in [0.2, 0.25) is 0 Å². The van der Waals surface area contributed by atoms with Gasteiger partial charge in [0.1, 0.15) is 11.6 Å². The second-order valence-corrected chi connectivity index (χ2v) is 4.89. The first-order valence-corrected chi connectivity index (χ1v) is 6.79. The van der Waals surface area contributed by atoms with Gasteiger partial charge >= 0.3 is 6.18 Å². The largest absolute Gasteiger partial charge is 0.451 e. The molecule has 2 rings (SSSR count). The summed E-state index contributed by atoms with van der Waals surface area (Å²) in [5, 5.41) is 4.65. The first-order valence-electron chi connectivity index (χ1n) is 6.79. The van der Waals surface area contributed by atoms with Crippen LogP contribution in [0.4, 0.5) is 24.8 Å². The van der Waals surface area contributed by atoms with E-state index in [2.05, 4.69) is 25.6 Å². The maximum absolute atomic E-state index is 12.8. The molecule has 1 aromatic heterocycles. The van der Waals surface area contributed by atoms with Gasteiger partial charge in [-0.15, -0.1) is 0 Å². The lowest BCUT2D eigenvalue weighted by Crippen LogP contribution is -2.47. The Kier molecular flexibility index (Phi) is 4.84. The number of piperazine rings is 1. The van der Waals surface area contributed by atoms with Crippen molar-refractivity contribution in [1.82, 2.24) is 19.9 Å². The van der Waals surface area contributed by atoms with Crippen LogP contribution in [0.25, 0.3) is 0 Å². The highest BCUT2D eigenvalue weighted by atomic mass is 19.4. The second-order valence-electron chi connectivity index (χ2n) is 4.89. The first-order chi connectivity index (χ1) is 9.88. The molecule has 1 saturated heterocycles. The van der Waals surface area contributed by atoms with Gasteiger partial charge in [-0.1, -0.05) is 0 Å². The Labute approximate surface area is 121 Å². The van der Waals surface area contributed by atoms with Crippen molar-refractivity contribution in [3.63, 3.8) is 0 Å². The lowest BCUT2D eigenvalue weighted by molar-refractivity contribution is -0.144. The molecule has 1 aliphatic rings. The van der Waals surface area contributed by atoms with Crippen LogP contribution >= 0.6 is 0 Å². The van der Waals surface area contributed by atoms with E-state index in [9.17, 15) is 13.2 Å². The van der Waals surface area contributed by atoms with Crippen molar-refractivity contribution in [2.75, 3.05) is 50.5 Å². The Balaban J connectivity index is 2.15. The predicted octanol–water partition coefficient (Wildman–Crippen LogP) is 1.50. The number of aromatic nitrogens is 2. The molecular formula is C12H19F3N6. The number of anilines is 2. The molecule has 6 nitrogen and oxygen atoms in total. The summed E-state index contributed by atoms with van der Waals surface area (Å²) in [6.45, 7) is 5.43. The van der Waals surface area contributed by atoms with Crippen LogP contribution in [0.3, 0.4) is 0 Å². The molecule has 118 valence electrons. The molecule has 0 bridgehead atoms. The van der Waals surface area contributed by atoms with Crippen LogP contribution in [0, 0.1) is 0 Å². The van der Waals surface area contributed by atoms with E-state index in [1.54, 1.807) is 6.92 Å². The maximum atomic E-state index is 12.8. The molecule has 0 atom stereocenters. The third-order valence-electron chi connectivity index (χ3n) is 3.11. The van der Waals surface area contributed by atoms with E-state index < -0.39 is 12.0 Å². The molecule has 2 N–H and O–H groups in total. The van der Waals surface area contributed by atoms with Crippen molar-refractivity contribution < 1.29 is 13.2 Å². The quantitative estimate of drug-likeness (QED) is 0.879. The minimum Gasteiger partial charge on any atom is -0.370 e. The number of rotatable bonds is 4. The lowest BCUT2D eigenvalue weighted by Gasteiger charge is -2.32. The average molecular weight is 304 g/mol. The number of alkyl halides is 3. The minimum absolute atomic E-state index is 0.151. The summed E-state index contributed by atoms with van der Waals surface area (Å²) < 4.78 is 38.5. The van der Waals surface area contributed by atoms with Crippen molar-refractivity contribution in [3.8, 4) is 0 Å². The number of hydrazine groups is 1. The van der Waals surface area contributed by atoms with E-state index in [0.29, 0.717) is 6.54 Å². The smallest absolute Gasteiger partial charge is 0.370 e. The fraction of sp³-hybridized carbons (Fsp3) is 0.667. The van der Waals surface area contributed by atoms with Crippen LogP contribution in [0.5, 0.6) is 0 Å². The molecule has 1 fully saturated rings. The lowest BCUT2D eigenvalue weighted by atomic mass is 10.4. The van der Waals surface area contributed by atoms with Crippen molar-refractivity contribution in [3.05, 3.63) is 11.9 Å². The predicted molar refractivity (Wildman–Crippen MR) is 73.9 cm³/mol. The first kappa shape index (κ1) is 15.8. The molecule has 0 aliphatic carbocycles. The number of nitrogens with zero attached hydrogens (tertiary/aromatic N) is 4. The summed E-state index contributed by atoms with van der Waals surface area (Å²) in [5.74, 6) is -0.827. The Morgan fingerprint density at radius 2 is 1.76 bits per heavy atom. The standard InChI is InChI=1S/C12H19F3N6/c1-3-16-9-8-10(18-11(17-9)12(13,14)15)19-21-6-4-20(2)5-7-21/h8H,3-7H2,1-2H3,(H2,16,17,18,19). The summed E-state index contributed by atoms with van der Waals surface area (Å²) in [6, 6.07) is 1.48. The molecule has 0 aromatic carbocycles. The SMILES string of the molecule is CCNc1cc(NN2CCN(C)CC2)nc(C(F)(F)F)n1. The summed E-state index contributed by atoms with van der Waals surface area (Å²) in [5.41, 5.74) is 2.93. The summed E-state index contributed by atoms with van der Waals surface area (Å²) in [7, 11) is 2.01.